The smallest absolute Gasteiger partial charge is 0.352 e. The van der Waals surface area contributed by atoms with Crippen LogP contribution in [0.4, 0.5) is 24.8 Å². The first kappa shape index (κ1) is 21.4. The monoisotopic (exact) mass is 426 g/mol. The first-order valence-electron chi connectivity index (χ1n) is 9.50. The summed E-state index contributed by atoms with van der Waals surface area (Å²) in [5.74, 6) is -0.802. The van der Waals surface area contributed by atoms with Crippen molar-refractivity contribution in [1.29, 1.82) is 0 Å². The summed E-state index contributed by atoms with van der Waals surface area (Å²) in [5, 5.41) is 5.66. The zero-order chi connectivity index (χ0) is 21.0. The fourth-order valence-corrected chi connectivity index (χ4v) is 3.59. The minimum absolute atomic E-state index is 0.284. The van der Waals surface area contributed by atoms with Gasteiger partial charge in [-0.15, -0.1) is 0 Å². The van der Waals surface area contributed by atoms with E-state index in [1.165, 1.54) is 0 Å². The summed E-state index contributed by atoms with van der Waals surface area (Å²) < 4.78 is 40.6. The van der Waals surface area contributed by atoms with Crippen molar-refractivity contribution >= 4 is 29.1 Å². The third-order valence-corrected chi connectivity index (χ3v) is 5.52. The van der Waals surface area contributed by atoms with Gasteiger partial charge in [0.1, 0.15) is 0 Å². The Morgan fingerprint density at radius 1 is 1.24 bits per heavy atom. The van der Waals surface area contributed by atoms with Crippen LogP contribution in [0.25, 0.3) is 0 Å². The number of halogens is 4. The highest BCUT2D eigenvalue weighted by molar-refractivity contribution is 6.34. The van der Waals surface area contributed by atoms with Crippen molar-refractivity contribution in [2.75, 3.05) is 11.9 Å². The van der Waals surface area contributed by atoms with Crippen molar-refractivity contribution in [1.82, 2.24) is 15.3 Å². The van der Waals surface area contributed by atoms with Crippen molar-refractivity contribution in [2.24, 2.45) is 5.92 Å². The fraction of sp³-hybridized carbons (Fsp3) is 0.450. The van der Waals surface area contributed by atoms with Gasteiger partial charge in [-0.25, -0.2) is 9.97 Å². The van der Waals surface area contributed by atoms with Crippen LogP contribution in [0.15, 0.2) is 24.4 Å². The van der Waals surface area contributed by atoms with Gasteiger partial charge < -0.3 is 10.6 Å². The lowest BCUT2D eigenvalue weighted by atomic mass is 9.89. The van der Waals surface area contributed by atoms with Gasteiger partial charge in [0, 0.05) is 12.7 Å². The van der Waals surface area contributed by atoms with Crippen LogP contribution in [0.2, 0.25) is 5.02 Å². The molecule has 29 heavy (non-hydrogen) atoms. The van der Waals surface area contributed by atoms with Gasteiger partial charge in [-0.05, 0) is 37.3 Å². The summed E-state index contributed by atoms with van der Waals surface area (Å²) in [6, 6.07) is 5.09. The lowest BCUT2D eigenvalue weighted by molar-refractivity contribution is -0.141. The molecule has 0 saturated heterocycles. The number of hydrogen-bond donors (Lipinski definition) is 2. The van der Waals surface area contributed by atoms with Gasteiger partial charge in [0.05, 0.1) is 16.3 Å². The molecule has 1 amide bonds. The van der Waals surface area contributed by atoms with E-state index in [2.05, 4.69) is 20.6 Å². The highest BCUT2D eigenvalue weighted by atomic mass is 35.5. The van der Waals surface area contributed by atoms with Crippen molar-refractivity contribution in [3.63, 3.8) is 0 Å². The Morgan fingerprint density at radius 3 is 2.66 bits per heavy atom. The maximum absolute atomic E-state index is 13.5. The van der Waals surface area contributed by atoms with E-state index in [0.29, 0.717) is 23.2 Å². The normalized spacial score (nSPS) is 15.2. The van der Waals surface area contributed by atoms with Crippen LogP contribution in [0, 0.1) is 12.8 Å². The van der Waals surface area contributed by atoms with Crippen molar-refractivity contribution in [3.05, 3.63) is 46.2 Å². The van der Waals surface area contributed by atoms with Crippen LogP contribution in [-0.2, 0) is 6.18 Å². The molecular formula is C20H22ClF3N4O. The van der Waals surface area contributed by atoms with Crippen LogP contribution >= 0.6 is 11.6 Å². The van der Waals surface area contributed by atoms with Gasteiger partial charge in [0.2, 0.25) is 5.95 Å². The SMILES string of the molecule is Cc1cccc(Nc2ncc(C(=O)NCC3CCCCC3)c(C(F)(F)F)n2)c1Cl. The molecule has 1 saturated carbocycles. The Balaban J connectivity index is 1.80. The molecule has 1 aromatic heterocycles. The predicted molar refractivity (Wildman–Crippen MR) is 105 cm³/mol. The first-order valence-corrected chi connectivity index (χ1v) is 9.88. The predicted octanol–water partition coefficient (Wildman–Crippen LogP) is 5.51. The molecule has 0 atom stereocenters. The minimum atomic E-state index is -4.80. The number of carbonyl (C=O) groups is 1. The maximum atomic E-state index is 13.5. The largest absolute Gasteiger partial charge is 0.434 e. The van der Waals surface area contributed by atoms with E-state index >= 15 is 0 Å². The number of nitrogens with one attached hydrogen (secondary N) is 2. The lowest BCUT2D eigenvalue weighted by Crippen LogP contribution is -2.32. The molecule has 0 spiro atoms. The molecule has 5 nitrogen and oxygen atoms in total. The molecule has 9 heteroatoms. The van der Waals surface area contributed by atoms with Crippen molar-refractivity contribution in [2.45, 2.75) is 45.2 Å². The molecule has 0 bridgehead atoms. The van der Waals surface area contributed by atoms with Crippen LogP contribution < -0.4 is 10.6 Å². The zero-order valence-electron chi connectivity index (χ0n) is 15.9. The highest BCUT2D eigenvalue weighted by Crippen LogP contribution is 2.32. The second-order valence-electron chi connectivity index (χ2n) is 7.23. The number of aromatic nitrogens is 2. The number of carbonyl (C=O) groups excluding carboxylic acids is 1. The van der Waals surface area contributed by atoms with Crippen LogP contribution in [-0.4, -0.2) is 22.4 Å². The standard InChI is InChI=1S/C20H22ClF3N4O/c1-12-6-5-9-15(16(12)21)27-19-26-11-14(17(28-19)20(22,23)24)18(29)25-10-13-7-3-2-4-8-13/h5-6,9,11,13H,2-4,7-8,10H2,1H3,(H,25,29)(H,26,27,28). The van der Waals surface area contributed by atoms with Crippen molar-refractivity contribution < 1.29 is 18.0 Å². The maximum Gasteiger partial charge on any atom is 0.434 e. The van der Waals surface area contributed by atoms with Gasteiger partial charge in [-0.2, -0.15) is 13.2 Å². The van der Waals surface area contributed by atoms with Crippen LogP contribution in [0.1, 0.15) is 53.7 Å². The molecule has 0 aliphatic heterocycles. The molecule has 156 valence electrons. The van der Waals surface area contributed by atoms with Crippen molar-refractivity contribution in [3.8, 4) is 0 Å². The molecule has 0 unspecified atom stereocenters. The Hall–Kier alpha value is -2.35. The summed E-state index contributed by atoms with van der Waals surface area (Å²) >= 11 is 6.17. The number of alkyl halides is 3. The summed E-state index contributed by atoms with van der Waals surface area (Å²) in [5.41, 5.74) is -0.727. The second-order valence-corrected chi connectivity index (χ2v) is 7.61. The molecule has 0 radical (unpaired) electrons. The molecule has 3 rings (SSSR count). The van der Waals surface area contributed by atoms with Crippen LogP contribution in [0.5, 0.6) is 0 Å². The van der Waals surface area contributed by atoms with Gasteiger partial charge in [0.25, 0.3) is 5.91 Å². The summed E-state index contributed by atoms with van der Waals surface area (Å²) in [6.07, 6.45) is 1.38. The van der Waals surface area contributed by atoms with Gasteiger partial charge in [0.15, 0.2) is 5.69 Å². The summed E-state index contributed by atoms with van der Waals surface area (Å²) in [7, 11) is 0. The molecule has 1 fully saturated rings. The number of benzene rings is 1. The fourth-order valence-electron chi connectivity index (χ4n) is 3.41. The number of anilines is 2. The second kappa shape index (κ2) is 8.98. The minimum Gasteiger partial charge on any atom is -0.352 e. The van der Waals surface area contributed by atoms with E-state index in [1.807, 2.05) is 0 Å². The molecule has 2 N–H and O–H groups in total. The van der Waals surface area contributed by atoms with E-state index in [0.717, 1.165) is 43.9 Å². The number of aryl methyl sites for hydroxylation is 1. The Labute approximate surface area is 172 Å². The molecule has 1 aliphatic carbocycles. The summed E-state index contributed by atoms with van der Waals surface area (Å²) in [4.78, 5) is 19.8. The van der Waals surface area contributed by atoms with E-state index in [4.69, 9.17) is 11.6 Å². The molecular weight excluding hydrogens is 405 g/mol. The van der Waals surface area contributed by atoms with Gasteiger partial charge in [-0.1, -0.05) is 43.0 Å². The van der Waals surface area contributed by atoms with Crippen LogP contribution in [0.3, 0.4) is 0 Å². The van der Waals surface area contributed by atoms with Gasteiger partial charge in [-0.3, -0.25) is 4.79 Å². The molecule has 1 aliphatic rings. The summed E-state index contributed by atoms with van der Waals surface area (Å²) in [6.45, 7) is 2.13. The topological polar surface area (TPSA) is 66.9 Å². The van der Waals surface area contributed by atoms with E-state index in [-0.39, 0.29) is 5.95 Å². The van der Waals surface area contributed by atoms with E-state index in [9.17, 15) is 18.0 Å². The number of hydrogen-bond acceptors (Lipinski definition) is 4. The number of nitrogens with zero attached hydrogens (tertiary/aromatic N) is 2. The van der Waals surface area contributed by atoms with E-state index in [1.54, 1.807) is 25.1 Å². The Bertz CT molecular complexity index is 883. The average molecular weight is 427 g/mol. The van der Waals surface area contributed by atoms with Gasteiger partial charge >= 0.3 is 6.18 Å². The first-order chi connectivity index (χ1) is 13.8. The highest BCUT2D eigenvalue weighted by Gasteiger charge is 2.38. The molecule has 1 aromatic carbocycles. The zero-order valence-corrected chi connectivity index (χ0v) is 16.7. The third-order valence-electron chi connectivity index (χ3n) is 5.02. The number of rotatable bonds is 5. The number of amides is 1. The Kier molecular flexibility index (Phi) is 6.62. The van der Waals surface area contributed by atoms with E-state index < -0.39 is 23.3 Å². The molecule has 1 heterocycles. The third kappa shape index (κ3) is 5.38. The lowest BCUT2D eigenvalue weighted by Gasteiger charge is -2.22. The average Bonchev–Trinajstić information content (AvgIpc) is 2.70. The quantitative estimate of drug-likeness (QED) is 0.661. The Morgan fingerprint density at radius 2 is 1.97 bits per heavy atom. The molecule has 2 aromatic rings.